The Hall–Kier alpha value is -1.48. The highest BCUT2D eigenvalue weighted by atomic mass is 32.1. The number of thiol groups is 1. The number of hydrogen-bond acceptors (Lipinski definition) is 4. The van der Waals surface area contributed by atoms with E-state index in [1.807, 2.05) is 23.9 Å². The molecule has 1 heterocycles. The molecule has 0 saturated heterocycles. The van der Waals surface area contributed by atoms with Gasteiger partial charge in [0.05, 0.1) is 11.3 Å². The van der Waals surface area contributed by atoms with E-state index in [1.165, 1.54) is 0 Å². The number of carbonyl (C=O) groups excluding carboxylic acids is 1. The SMILES string of the molecule is Cn1ccnc1C(S)[C@H]1CCCC[C@@H]1C(=O)NCC#N. The third-order valence-corrected chi connectivity index (χ3v) is 4.64. The van der Waals surface area contributed by atoms with Crippen molar-refractivity contribution in [3.05, 3.63) is 18.2 Å². The van der Waals surface area contributed by atoms with Crippen LogP contribution in [0.15, 0.2) is 12.4 Å². The van der Waals surface area contributed by atoms with Gasteiger partial charge in [0.15, 0.2) is 0 Å². The first-order chi connectivity index (χ1) is 9.65. The lowest BCUT2D eigenvalue weighted by atomic mass is 9.76. The Morgan fingerprint density at radius 2 is 2.40 bits per heavy atom. The van der Waals surface area contributed by atoms with Gasteiger partial charge in [0.25, 0.3) is 0 Å². The standard InChI is InChI=1S/C14H20N4OS/c1-18-9-8-16-13(18)12(20)10-4-2-3-5-11(10)14(19)17-7-6-15/h8-12,20H,2-5,7H2,1H3,(H,17,19)/t10-,11-,12?/m0/s1. The summed E-state index contributed by atoms with van der Waals surface area (Å²) < 4.78 is 1.95. The molecule has 1 aromatic rings. The summed E-state index contributed by atoms with van der Waals surface area (Å²) in [6.07, 6.45) is 7.67. The zero-order chi connectivity index (χ0) is 14.5. The first-order valence-corrected chi connectivity index (χ1v) is 7.46. The molecule has 0 aromatic carbocycles. The van der Waals surface area contributed by atoms with Gasteiger partial charge in [0, 0.05) is 25.4 Å². The molecule has 1 fully saturated rings. The Kier molecular flexibility index (Phi) is 5.07. The summed E-state index contributed by atoms with van der Waals surface area (Å²) in [5.74, 6) is 0.978. The average molecular weight is 292 g/mol. The van der Waals surface area contributed by atoms with E-state index in [9.17, 15) is 4.79 Å². The number of nitriles is 1. The van der Waals surface area contributed by atoms with Crippen molar-refractivity contribution in [2.75, 3.05) is 6.54 Å². The van der Waals surface area contributed by atoms with Crippen molar-refractivity contribution < 1.29 is 4.79 Å². The van der Waals surface area contributed by atoms with Crippen LogP contribution in [0.1, 0.15) is 36.8 Å². The molecule has 1 aromatic heterocycles. The van der Waals surface area contributed by atoms with Crippen LogP contribution in [-0.2, 0) is 11.8 Å². The molecular weight excluding hydrogens is 272 g/mol. The summed E-state index contributed by atoms with van der Waals surface area (Å²) in [6, 6.07) is 1.95. The van der Waals surface area contributed by atoms with Gasteiger partial charge in [-0.1, -0.05) is 12.8 Å². The number of amides is 1. The Morgan fingerprint density at radius 1 is 1.65 bits per heavy atom. The number of nitrogens with one attached hydrogen (secondary N) is 1. The van der Waals surface area contributed by atoms with Crippen LogP contribution in [0.4, 0.5) is 0 Å². The second kappa shape index (κ2) is 6.80. The molecule has 6 heteroatoms. The molecule has 1 unspecified atom stereocenters. The van der Waals surface area contributed by atoms with Crippen molar-refractivity contribution in [1.82, 2.24) is 14.9 Å². The molecular formula is C14H20N4OS. The summed E-state index contributed by atoms with van der Waals surface area (Å²) in [4.78, 5) is 16.6. The lowest BCUT2D eigenvalue weighted by Crippen LogP contribution is -2.38. The number of hydrogen-bond donors (Lipinski definition) is 2. The minimum Gasteiger partial charge on any atom is -0.343 e. The number of carbonyl (C=O) groups is 1. The van der Waals surface area contributed by atoms with Gasteiger partial charge < -0.3 is 9.88 Å². The highest BCUT2D eigenvalue weighted by Gasteiger charge is 2.36. The number of nitrogens with zero attached hydrogens (tertiary/aromatic N) is 3. The molecule has 0 radical (unpaired) electrons. The number of imidazole rings is 1. The number of rotatable bonds is 4. The summed E-state index contributed by atoms with van der Waals surface area (Å²) in [7, 11) is 1.94. The maximum Gasteiger partial charge on any atom is 0.224 e. The Bertz CT molecular complexity index is 508. The second-order valence-electron chi connectivity index (χ2n) is 5.27. The van der Waals surface area contributed by atoms with Gasteiger partial charge >= 0.3 is 0 Å². The zero-order valence-corrected chi connectivity index (χ0v) is 12.5. The van der Waals surface area contributed by atoms with Crippen LogP contribution in [0, 0.1) is 23.2 Å². The molecule has 108 valence electrons. The molecule has 1 aliphatic rings. The predicted octanol–water partition coefficient (Wildman–Crippen LogP) is 1.84. The molecule has 1 saturated carbocycles. The zero-order valence-electron chi connectivity index (χ0n) is 11.6. The van der Waals surface area contributed by atoms with Crippen molar-refractivity contribution in [1.29, 1.82) is 5.26 Å². The molecule has 2 rings (SSSR count). The third kappa shape index (κ3) is 3.15. The van der Waals surface area contributed by atoms with Gasteiger partial charge in [0.1, 0.15) is 12.4 Å². The second-order valence-corrected chi connectivity index (χ2v) is 5.83. The van der Waals surface area contributed by atoms with Gasteiger partial charge in [-0.15, -0.1) is 0 Å². The lowest BCUT2D eigenvalue weighted by molar-refractivity contribution is -0.127. The van der Waals surface area contributed by atoms with Crippen LogP contribution in [0.5, 0.6) is 0 Å². The summed E-state index contributed by atoms with van der Waals surface area (Å²) in [5.41, 5.74) is 0. The molecule has 5 nitrogen and oxygen atoms in total. The summed E-state index contributed by atoms with van der Waals surface area (Å²) in [6.45, 7) is 0.0711. The quantitative estimate of drug-likeness (QED) is 0.657. The van der Waals surface area contributed by atoms with Crippen LogP contribution in [0.3, 0.4) is 0 Å². The third-order valence-electron chi connectivity index (χ3n) is 4.03. The fourth-order valence-electron chi connectivity index (χ4n) is 2.97. The molecule has 0 spiro atoms. The van der Waals surface area contributed by atoms with Gasteiger partial charge in [-0.25, -0.2) is 4.98 Å². The van der Waals surface area contributed by atoms with E-state index in [0.29, 0.717) is 0 Å². The summed E-state index contributed by atoms with van der Waals surface area (Å²) >= 11 is 4.71. The maximum atomic E-state index is 12.2. The fraction of sp³-hybridized carbons (Fsp3) is 0.643. The average Bonchev–Trinajstić information content (AvgIpc) is 2.90. The molecule has 1 amide bonds. The Morgan fingerprint density at radius 3 is 3.05 bits per heavy atom. The van der Waals surface area contributed by atoms with E-state index in [2.05, 4.69) is 10.3 Å². The lowest BCUT2D eigenvalue weighted by Gasteiger charge is -2.33. The van der Waals surface area contributed by atoms with Crippen molar-refractivity contribution in [3.8, 4) is 6.07 Å². The molecule has 0 bridgehead atoms. The van der Waals surface area contributed by atoms with E-state index in [4.69, 9.17) is 17.9 Å². The summed E-state index contributed by atoms with van der Waals surface area (Å²) in [5, 5.41) is 11.2. The minimum atomic E-state index is -0.0729. The smallest absolute Gasteiger partial charge is 0.224 e. The minimum absolute atomic E-state index is 0.0236. The van der Waals surface area contributed by atoms with E-state index in [1.54, 1.807) is 6.20 Å². The van der Waals surface area contributed by atoms with E-state index in [-0.39, 0.29) is 29.5 Å². The molecule has 3 atom stereocenters. The highest BCUT2D eigenvalue weighted by molar-refractivity contribution is 7.80. The topological polar surface area (TPSA) is 70.7 Å². The van der Waals surface area contributed by atoms with Gasteiger partial charge in [0.2, 0.25) is 5.91 Å². The van der Waals surface area contributed by atoms with Crippen LogP contribution in [0.25, 0.3) is 0 Å². The van der Waals surface area contributed by atoms with Crippen molar-refractivity contribution in [2.24, 2.45) is 18.9 Å². The normalized spacial score (nSPS) is 23.9. The Labute approximate surface area is 124 Å². The van der Waals surface area contributed by atoms with Crippen LogP contribution >= 0.6 is 12.6 Å². The van der Waals surface area contributed by atoms with Crippen LogP contribution < -0.4 is 5.32 Å². The van der Waals surface area contributed by atoms with Crippen molar-refractivity contribution >= 4 is 18.5 Å². The number of aryl methyl sites for hydroxylation is 1. The van der Waals surface area contributed by atoms with Crippen LogP contribution in [0.2, 0.25) is 0 Å². The molecule has 1 aliphatic carbocycles. The first-order valence-electron chi connectivity index (χ1n) is 6.95. The largest absolute Gasteiger partial charge is 0.343 e. The van der Waals surface area contributed by atoms with E-state index in [0.717, 1.165) is 31.5 Å². The first kappa shape index (κ1) is 14.9. The van der Waals surface area contributed by atoms with Crippen LogP contribution in [-0.4, -0.2) is 22.0 Å². The number of aromatic nitrogens is 2. The fourth-order valence-corrected chi connectivity index (χ4v) is 3.58. The monoisotopic (exact) mass is 292 g/mol. The predicted molar refractivity (Wildman–Crippen MR) is 79.0 cm³/mol. The molecule has 0 aliphatic heterocycles. The van der Waals surface area contributed by atoms with Gasteiger partial charge in [-0.3, -0.25) is 4.79 Å². The van der Waals surface area contributed by atoms with Crippen molar-refractivity contribution in [3.63, 3.8) is 0 Å². The molecule has 20 heavy (non-hydrogen) atoms. The van der Waals surface area contributed by atoms with Gasteiger partial charge in [-0.05, 0) is 18.8 Å². The molecule has 1 N–H and O–H groups in total. The van der Waals surface area contributed by atoms with E-state index >= 15 is 0 Å². The maximum absolute atomic E-state index is 12.2. The van der Waals surface area contributed by atoms with E-state index < -0.39 is 0 Å². The highest BCUT2D eigenvalue weighted by Crippen LogP contribution is 2.41. The van der Waals surface area contributed by atoms with Gasteiger partial charge in [-0.2, -0.15) is 17.9 Å². The Balaban J connectivity index is 2.12. The van der Waals surface area contributed by atoms with Crippen molar-refractivity contribution in [2.45, 2.75) is 30.9 Å².